The minimum absolute atomic E-state index is 0.406. The van der Waals surface area contributed by atoms with E-state index in [1.54, 1.807) is 31.4 Å². The SMILES string of the molecule is COc1cccc(C(O)C(=O)NCCc2cn3cccc(C)c3n2)c1. The first-order valence-corrected chi connectivity index (χ1v) is 8.11. The number of methoxy groups -OCH3 is 1. The molecule has 1 unspecified atom stereocenters. The standard InChI is InChI=1S/C19H21N3O3/c1-13-5-4-10-22-12-15(21-18(13)22)8-9-20-19(24)17(23)14-6-3-7-16(11-14)25-2/h3-7,10-12,17,23H,8-9H2,1-2H3,(H,20,24). The van der Waals surface area contributed by atoms with Gasteiger partial charge in [0.15, 0.2) is 6.10 Å². The van der Waals surface area contributed by atoms with Crippen molar-refractivity contribution < 1.29 is 14.6 Å². The van der Waals surface area contributed by atoms with Crippen molar-refractivity contribution in [1.82, 2.24) is 14.7 Å². The first-order valence-electron chi connectivity index (χ1n) is 8.11. The van der Waals surface area contributed by atoms with Crippen molar-refractivity contribution >= 4 is 11.6 Å². The molecule has 6 heteroatoms. The Morgan fingerprint density at radius 1 is 1.36 bits per heavy atom. The first-order chi connectivity index (χ1) is 12.1. The minimum Gasteiger partial charge on any atom is -0.497 e. The van der Waals surface area contributed by atoms with Crippen molar-refractivity contribution in [3.8, 4) is 5.75 Å². The highest BCUT2D eigenvalue weighted by Crippen LogP contribution is 2.19. The maximum absolute atomic E-state index is 12.1. The molecule has 3 aromatic rings. The number of benzene rings is 1. The van der Waals surface area contributed by atoms with Gasteiger partial charge in [-0.3, -0.25) is 4.79 Å². The number of rotatable bonds is 6. The molecule has 2 aromatic heterocycles. The summed E-state index contributed by atoms with van der Waals surface area (Å²) in [7, 11) is 1.54. The Hall–Kier alpha value is -2.86. The molecular formula is C19H21N3O3. The molecule has 0 aliphatic rings. The number of amides is 1. The Kier molecular flexibility index (Phi) is 5.00. The van der Waals surface area contributed by atoms with Gasteiger partial charge in [0.05, 0.1) is 12.8 Å². The second-order valence-electron chi connectivity index (χ2n) is 5.87. The lowest BCUT2D eigenvalue weighted by Crippen LogP contribution is -2.31. The monoisotopic (exact) mass is 339 g/mol. The molecule has 0 saturated heterocycles. The summed E-state index contributed by atoms with van der Waals surface area (Å²) in [6.45, 7) is 2.42. The number of aryl methyl sites for hydroxylation is 1. The smallest absolute Gasteiger partial charge is 0.253 e. The molecule has 130 valence electrons. The van der Waals surface area contributed by atoms with Crippen LogP contribution < -0.4 is 10.1 Å². The molecule has 25 heavy (non-hydrogen) atoms. The Morgan fingerprint density at radius 2 is 2.20 bits per heavy atom. The molecule has 1 atom stereocenters. The zero-order valence-corrected chi connectivity index (χ0v) is 14.3. The largest absolute Gasteiger partial charge is 0.497 e. The number of nitrogens with one attached hydrogen (secondary N) is 1. The van der Waals surface area contributed by atoms with Crippen LogP contribution in [0.15, 0.2) is 48.8 Å². The van der Waals surface area contributed by atoms with E-state index in [0.29, 0.717) is 24.3 Å². The summed E-state index contributed by atoms with van der Waals surface area (Å²) >= 11 is 0. The molecule has 0 aliphatic heterocycles. The summed E-state index contributed by atoms with van der Waals surface area (Å²) in [6, 6.07) is 10.8. The van der Waals surface area contributed by atoms with Crippen molar-refractivity contribution in [2.45, 2.75) is 19.4 Å². The number of carbonyl (C=O) groups excluding carboxylic acids is 1. The highest BCUT2D eigenvalue weighted by Gasteiger charge is 2.17. The molecule has 3 rings (SSSR count). The van der Waals surface area contributed by atoms with Gasteiger partial charge < -0.3 is 19.6 Å². The number of hydrogen-bond donors (Lipinski definition) is 2. The highest BCUT2D eigenvalue weighted by atomic mass is 16.5. The summed E-state index contributed by atoms with van der Waals surface area (Å²) in [5, 5.41) is 12.9. The van der Waals surface area contributed by atoms with E-state index in [-0.39, 0.29) is 0 Å². The maximum atomic E-state index is 12.1. The zero-order valence-electron chi connectivity index (χ0n) is 14.3. The van der Waals surface area contributed by atoms with Crippen LogP contribution in [0.3, 0.4) is 0 Å². The van der Waals surface area contributed by atoms with Crippen molar-refractivity contribution in [2.24, 2.45) is 0 Å². The van der Waals surface area contributed by atoms with Crippen molar-refractivity contribution in [2.75, 3.05) is 13.7 Å². The average Bonchev–Trinajstić information content (AvgIpc) is 3.05. The number of aromatic nitrogens is 2. The van der Waals surface area contributed by atoms with Crippen molar-refractivity contribution in [1.29, 1.82) is 0 Å². The topological polar surface area (TPSA) is 75.9 Å². The molecule has 2 heterocycles. The highest BCUT2D eigenvalue weighted by molar-refractivity contribution is 5.82. The average molecular weight is 339 g/mol. The van der Waals surface area contributed by atoms with E-state index < -0.39 is 12.0 Å². The van der Waals surface area contributed by atoms with E-state index in [0.717, 1.165) is 16.9 Å². The van der Waals surface area contributed by atoms with E-state index in [2.05, 4.69) is 10.3 Å². The van der Waals surface area contributed by atoms with Crippen LogP contribution in [0.5, 0.6) is 5.75 Å². The van der Waals surface area contributed by atoms with Crippen LogP contribution in [0.25, 0.3) is 5.65 Å². The van der Waals surface area contributed by atoms with E-state index in [1.807, 2.05) is 35.9 Å². The summed E-state index contributed by atoms with van der Waals surface area (Å²) in [5.41, 5.74) is 3.41. The lowest BCUT2D eigenvalue weighted by molar-refractivity contribution is -0.129. The Morgan fingerprint density at radius 3 is 2.96 bits per heavy atom. The lowest BCUT2D eigenvalue weighted by atomic mass is 10.1. The number of pyridine rings is 1. The van der Waals surface area contributed by atoms with Crippen LogP contribution in [0.1, 0.15) is 22.9 Å². The van der Waals surface area contributed by atoms with Crippen LogP contribution >= 0.6 is 0 Å². The lowest BCUT2D eigenvalue weighted by Gasteiger charge is -2.12. The van der Waals surface area contributed by atoms with Gasteiger partial charge in [0.25, 0.3) is 5.91 Å². The molecule has 0 saturated carbocycles. The summed E-state index contributed by atoms with van der Waals surface area (Å²) < 4.78 is 7.08. The molecule has 2 N–H and O–H groups in total. The van der Waals surface area contributed by atoms with Crippen molar-refractivity contribution in [3.05, 3.63) is 65.6 Å². The summed E-state index contributed by atoms with van der Waals surface area (Å²) in [4.78, 5) is 16.7. The maximum Gasteiger partial charge on any atom is 0.253 e. The zero-order chi connectivity index (χ0) is 17.8. The number of nitrogens with zero attached hydrogens (tertiary/aromatic N) is 2. The number of fused-ring (bicyclic) bond motifs is 1. The molecule has 0 spiro atoms. The molecule has 0 radical (unpaired) electrons. The van der Waals surface area contributed by atoms with Gasteiger partial charge in [-0.15, -0.1) is 0 Å². The molecular weight excluding hydrogens is 318 g/mol. The number of aliphatic hydroxyl groups is 1. The summed E-state index contributed by atoms with van der Waals surface area (Å²) in [6.07, 6.45) is 3.27. The van der Waals surface area contributed by atoms with Gasteiger partial charge in [0, 0.05) is 25.4 Å². The molecule has 0 aliphatic carbocycles. The van der Waals surface area contributed by atoms with Crippen LogP contribution in [-0.2, 0) is 11.2 Å². The van der Waals surface area contributed by atoms with Gasteiger partial charge in [-0.1, -0.05) is 18.2 Å². The van der Waals surface area contributed by atoms with E-state index in [1.165, 1.54) is 0 Å². The van der Waals surface area contributed by atoms with Crippen LogP contribution in [0.2, 0.25) is 0 Å². The number of imidazole rings is 1. The molecule has 0 bridgehead atoms. The Labute approximate surface area is 146 Å². The van der Waals surface area contributed by atoms with Crippen LogP contribution in [-0.4, -0.2) is 34.1 Å². The van der Waals surface area contributed by atoms with Gasteiger partial charge in [-0.05, 0) is 36.2 Å². The summed E-state index contributed by atoms with van der Waals surface area (Å²) in [5.74, 6) is 0.164. The molecule has 1 amide bonds. The Balaban J connectivity index is 1.58. The van der Waals surface area contributed by atoms with Crippen molar-refractivity contribution in [3.63, 3.8) is 0 Å². The van der Waals surface area contributed by atoms with Gasteiger partial charge in [0.1, 0.15) is 11.4 Å². The van der Waals surface area contributed by atoms with Crippen LogP contribution in [0.4, 0.5) is 0 Å². The number of carbonyl (C=O) groups is 1. The van der Waals surface area contributed by atoms with E-state index >= 15 is 0 Å². The fraction of sp³-hybridized carbons (Fsp3) is 0.263. The number of hydrogen-bond acceptors (Lipinski definition) is 4. The quantitative estimate of drug-likeness (QED) is 0.721. The molecule has 0 fully saturated rings. The Bertz CT molecular complexity index is 889. The predicted molar refractivity (Wildman–Crippen MR) is 94.6 cm³/mol. The first kappa shape index (κ1) is 17.0. The third kappa shape index (κ3) is 3.80. The van der Waals surface area contributed by atoms with E-state index in [4.69, 9.17) is 4.74 Å². The fourth-order valence-corrected chi connectivity index (χ4v) is 2.70. The molecule has 6 nitrogen and oxygen atoms in total. The normalized spacial score (nSPS) is 12.1. The third-order valence-electron chi connectivity index (χ3n) is 4.07. The molecule has 1 aromatic carbocycles. The van der Waals surface area contributed by atoms with Crippen LogP contribution in [0, 0.1) is 6.92 Å². The minimum atomic E-state index is -1.22. The van der Waals surface area contributed by atoms with Gasteiger partial charge in [-0.25, -0.2) is 4.98 Å². The van der Waals surface area contributed by atoms with Gasteiger partial charge in [0.2, 0.25) is 0 Å². The number of aliphatic hydroxyl groups excluding tert-OH is 1. The van der Waals surface area contributed by atoms with Gasteiger partial charge in [-0.2, -0.15) is 0 Å². The number of ether oxygens (including phenoxy) is 1. The fourth-order valence-electron chi connectivity index (χ4n) is 2.70. The second-order valence-corrected chi connectivity index (χ2v) is 5.87. The van der Waals surface area contributed by atoms with E-state index in [9.17, 15) is 9.90 Å². The second kappa shape index (κ2) is 7.36. The van der Waals surface area contributed by atoms with Gasteiger partial charge >= 0.3 is 0 Å². The third-order valence-corrected chi connectivity index (χ3v) is 4.07. The predicted octanol–water partition coefficient (Wildman–Crippen LogP) is 2.04.